The van der Waals surface area contributed by atoms with E-state index in [1.54, 1.807) is 13.0 Å². The van der Waals surface area contributed by atoms with Gasteiger partial charge in [-0.3, -0.25) is 0 Å². The van der Waals surface area contributed by atoms with Crippen molar-refractivity contribution < 1.29 is 14.3 Å². The first-order chi connectivity index (χ1) is 6.84. The fourth-order valence-corrected chi connectivity index (χ4v) is 0.748. The van der Waals surface area contributed by atoms with E-state index in [1.807, 2.05) is 13.8 Å². The van der Waals surface area contributed by atoms with E-state index in [-0.39, 0.29) is 5.57 Å². The van der Waals surface area contributed by atoms with Gasteiger partial charge in [-0.05, 0) is 26.2 Å². The molecule has 0 unspecified atom stereocenters. The minimum Gasteiger partial charge on any atom is -0.386 e. The van der Waals surface area contributed by atoms with E-state index in [0.29, 0.717) is 11.5 Å². The Morgan fingerprint density at radius 2 is 1.80 bits per heavy atom. The van der Waals surface area contributed by atoms with E-state index >= 15 is 0 Å². The molecule has 0 amide bonds. The smallest absolute Gasteiger partial charge is 0.341 e. The molecule has 0 bridgehead atoms. The number of hydrogen-bond acceptors (Lipinski definition) is 3. The van der Waals surface area contributed by atoms with E-state index in [1.165, 1.54) is 6.92 Å². The van der Waals surface area contributed by atoms with Gasteiger partial charge in [-0.2, -0.15) is 0 Å². The van der Waals surface area contributed by atoms with E-state index < -0.39 is 11.9 Å². The number of carbonyl (C=O) groups excluding carboxylic acids is 2. The van der Waals surface area contributed by atoms with Gasteiger partial charge in [-0.1, -0.05) is 26.5 Å². The molecule has 84 valence electrons. The van der Waals surface area contributed by atoms with Crippen LogP contribution < -0.4 is 0 Å². The fourth-order valence-electron chi connectivity index (χ4n) is 0.748. The Morgan fingerprint density at radius 3 is 2.20 bits per heavy atom. The van der Waals surface area contributed by atoms with Gasteiger partial charge in [0, 0.05) is 11.1 Å². The molecule has 3 nitrogen and oxygen atoms in total. The Labute approximate surface area is 90.8 Å². The lowest BCUT2D eigenvalue weighted by atomic mass is 10.1. The number of rotatable bonds is 4. The van der Waals surface area contributed by atoms with Crippen LogP contribution in [0, 0.1) is 5.92 Å². The van der Waals surface area contributed by atoms with Crippen molar-refractivity contribution in [3.8, 4) is 0 Å². The minimum atomic E-state index is -0.669. The molecule has 0 atom stereocenters. The summed E-state index contributed by atoms with van der Waals surface area (Å²) in [6, 6.07) is 0. The molecule has 0 saturated carbocycles. The zero-order valence-electron chi connectivity index (χ0n) is 9.79. The average Bonchev–Trinajstić information content (AvgIpc) is 2.13. The molecule has 0 aromatic carbocycles. The van der Waals surface area contributed by atoms with E-state index in [0.717, 1.165) is 6.42 Å². The van der Waals surface area contributed by atoms with Crippen molar-refractivity contribution >= 4 is 11.9 Å². The summed E-state index contributed by atoms with van der Waals surface area (Å²) in [5, 5.41) is 0. The van der Waals surface area contributed by atoms with Gasteiger partial charge in [0.25, 0.3) is 0 Å². The van der Waals surface area contributed by atoms with Crippen molar-refractivity contribution in [3.63, 3.8) is 0 Å². The molecule has 0 aliphatic heterocycles. The van der Waals surface area contributed by atoms with Gasteiger partial charge in [-0.25, -0.2) is 9.59 Å². The topological polar surface area (TPSA) is 43.4 Å². The van der Waals surface area contributed by atoms with Crippen LogP contribution in [-0.2, 0) is 14.3 Å². The molecule has 0 aliphatic rings. The molecule has 0 radical (unpaired) electrons. The van der Waals surface area contributed by atoms with Crippen LogP contribution >= 0.6 is 0 Å². The summed E-state index contributed by atoms with van der Waals surface area (Å²) in [6.07, 6.45) is 2.57. The van der Waals surface area contributed by atoms with E-state index in [2.05, 4.69) is 11.3 Å². The Morgan fingerprint density at radius 1 is 1.27 bits per heavy atom. The number of allylic oxidation sites excluding steroid dienone is 1. The molecule has 0 saturated heterocycles. The lowest BCUT2D eigenvalue weighted by Crippen LogP contribution is -2.13. The molecule has 15 heavy (non-hydrogen) atoms. The first kappa shape index (κ1) is 13.6. The van der Waals surface area contributed by atoms with Gasteiger partial charge in [0.1, 0.15) is 0 Å². The largest absolute Gasteiger partial charge is 0.386 e. The van der Waals surface area contributed by atoms with Crippen LogP contribution in [-0.4, -0.2) is 11.9 Å². The second-order valence-electron chi connectivity index (χ2n) is 3.97. The molecule has 3 heteroatoms. The zero-order chi connectivity index (χ0) is 12.0. The predicted octanol–water partition coefficient (Wildman–Crippen LogP) is 2.62. The number of hydrogen-bond donors (Lipinski definition) is 0. The second-order valence-corrected chi connectivity index (χ2v) is 3.97. The standard InChI is InChI=1S/C12H18O3/c1-8(2)6-7-10(5)12(14)15-11(13)9(3)4/h7-8H,3,6H2,1-2,4-5H3. The van der Waals surface area contributed by atoms with Crippen LogP contribution in [0.4, 0.5) is 0 Å². The van der Waals surface area contributed by atoms with Crippen molar-refractivity contribution in [1.29, 1.82) is 0 Å². The molecule has 0 heterocycles. The molecular weight excluding hydrogens is 192 g/mol. The van der Waals surface area contributed by atoms with Crippen molar-refractivity contribution in [2.75, 3.05) is 0 Å². The summed E-state index contributed by atoms with van der Waals surface area (Å²) in [4.78, 5) is 22.3. The first-order valence-corrected chi connectivity index (χ1v) is 4.93. The second kappa shape index (κ2) is 6.17. The Kier molecular flexibility index (Phi) is 5.60. The van der Waals surface area contributed by atoms with Crippen LogP contribution in [0.15, 0.2) is 23.8 Å². The molecule has 0 aromatic rings. The van der Waals surface area contributed by atoms with Crippen molar-refractivity contribution in [2.45, 2.75) is 34.1 Å². The van der Waals surface area contributed by atoms with Crippen LogP contribution in [0.1, 0.15) is 34.1 Å². The maximum atomic E-state index is 11.3. The van der Waals surface area contributed by atoms with E-state index in [9.17, 15) is 9.59 Å². The maximum absolute atomic E-state index is 11.3. The van der Waals surface area contributed by atoms with Crippen LogP contribution in [0.25, 0.3) is 0 Å². The van der Waals surface area contributed by atoms with Crippen LogP contribution in [0.5, 0.6) is 0 Å². The Bertz CT molecular complexity index is 298. The monoisotopic (exact) mass is 210 g/mol. The SMILES string of the molecule is C=C(C)C(=O)OC(=O)C(C)=CCC(C)C. The zero-order valence-corrected chi connectivity index (χ0v) is 9.79. The quantitative estimate of drug-likeness (QED) is 0.407. The van der Waals surface area contributed by atoms with Crippen molar-refractivity contribution in [2.24, 2.45) is 5.92 Å². The lowest BCUT2D eigenvalue weighted by molar-refractivity contribution is -0.153. The molecule has 0 rings (SSSR count). The van der Waals surface area contributed by atoms with Gasteiger partial charge in [0.15, 0.2) is 0 Å². The minimum absolute atomic E-state index is 0.222. The summed E-state index contributed by atoms with van der Waals surface area (Å²) in [5.74, 6) is -0.787. The predicted molar refractivity (Wildman–Crippen MR) is 59.1 cm³/mol. The summed E-state index contributed by atoms with van der Waals surface area (Å²) in [6.45, 7) is 10.6. The number of esters is 2. The van der Waals surface area contributed by atoms with Crippen molar-refractivity contribution in [3.05, 3.63) is 23.8 Å². The summed E-state index contributed by atoms with van der Waals surface area (Å²) in [5.41, 5.74) is 0.679. The van der Waals surface area contributed by atoms with Gasteiger partial charge >= 0.3 is 11.9 Å². The third kappa shape index (κ3) is 5.83. The van der Waals surface area contributed by atoms with Crippen molar-refractivity contribution in [1.82, 2.24) is 0 Å². The third-order valence-corrected chi connectivity index (χ3v) is 1.75. The normalized spacial score (nSPS) is 11.4. The highest BCUT2D eigenvalue weighted by atomic mass is 16.6. The van der Waals surface area contributed by atoms with Gasteiger partial charge in [0.05, 0.1) is 0 Å². The average molecular weight is 210 g/mol. The molecule has 0 aromatic heterocycles. The van der Waals surface area contributed by atoms with Gasteiger partial charge in [-0.15, -0.1) is 0 Å². The van der Waals surface area contributed by atoms with E-state index in [4.69, 9.17) is 0 Å². The highest BCUT2D eigenvalue weighted by molar-refractivity contribution is 6.00. The highest BCUT2D eigenvalue weighted by Gasteiger charge is 2.12. The maximum Gasteiger partial charge on any atom is 0.341 e. The molecule has 0 N–H and O–H groups in total. The molecule has 0 spiro atoms. The highest BCUT2D eigenvalue weighted by Crippen LogP contribution is 2.06. The molecule has 0 fully saturated rings. The van der Waals surface area contributed by atoms with Crippen LogP contribution in [0.3, 0.4) is 0 Å². The summed E-state index contributed by atoms with van der Waals surface area (Å²) < 4.78 is 4.56. The fraction of sp³-hybridized carbons (Fsp3) is 0.500. The molecular formula is C12H18O3. The van der Waals surface area contributed by atoms with Gasteiger partial charge < -0.3 is 4.74 Å². The Balaban J connectivity index is 4.27. The lowest BCUT2D eigenvalue weighted by Gasteiger charge is -2.03. The number of carbonyl (C=O) groups is 2. The number of ether oxygens (including phenoxy) is 1. The third-order valence-electron chi connectivity index (χ3n) is 1.75. The summed E-state index contributed by atoms with van der Waals surface area (Å²) in [7, 11) is 0. The summed E-state index contributed by atoms with van der Waals surface area (Å²) >= 11 is 0. The van der Waals surface area contributed by atoms with Crippen LogP contribution in [0.2, 0.25) is 0 Å². The first-order valence-electron chi connectivity index (χ1n) is 4.93. The van der Waals surface area contributed by atoms with Gasteiger partial charge in [0.2, 0.25) is 0 Å². The molecule has 0 aliphatic carbocycles. The Hall–Kier alpha value is -1.38.